The van der Waals surface area contributed by atoms with E-state index in [4.69, 9.17) is 9.84 Å². The number of aliphatic hydroxyl groups is 1. The predicted molar refractivity (Wildman–Crippen MR) is 66.8 cm³/mol. The van der Waals surface area contributed by atoms with Crippen LogP contribution in [0.3, 0.4) is 0 Å². The van der Waals surface area contributed by atoms with Crippen LogP contribution in [0, 0.1) is 16.7 Å². The molecule has 3 atom stereocenters. The Balaban J connectivity index is 1.55. The lowest BCUT2D eigenvalue weighted by atomic mass is 9.57. The van der Waals surface area contributed by atoms with Gasteiger partial charge < -0.3 is 15.2 Å². The van der Waals surface area contributed by atoms with Crippen molar-refractivity contribution in [3.63, 3.8) is 0 Å². The molecule has 2 saturated carbocycles. The van der Waals surface area contributed by atoms with Crippen molar-refractivity contribution in [3.8, 4) is 0 Å². The Morgan fingerprint density at radius 1 is 1.35 bits per heavy atom. The summed E-state index contributed by atoms with van der Waals surface area (Å²) in [6, 6.07) is 0.617. The van der Waals surface area contributed by atoms with Gasteiger partial charge in [-0.3, -0.25) is 0 Å². The fraction of sp³-hybridized carbons (Fsp3) is 1.00. The number of aliphatic hydroxyl groups excluding tert-OH is 1. The van der Waals surface area contributed by atoms with Gasteiger partial charge in [-0.2, -0.15) is 0 Å². The zero-order chi connectivity index (χ0) is 12.1. The van der Waals surface area contributed by atoms with Crippen LogP contribution in [0.4, 0.5) is 0 Å². The highest BCUT2D eigenvalue weighted by atomic mass is 16.5. The fourth-order valence-electron chi connectivity index (χ4n) is 3.99. The van der Waals surface area contributed by atoms with Crippen LogP contribution in [0.25, 0.3) is 0 Å². The number of nitrogens with one attached hydrogen (secondary N) is 1. The molecule has 3 heteroatoms. The molecule has 3 rings (SSSR count). The number of hydrogen-bond acceptors (Lipinski definition) is 3. The van der Waals surface area contributed by atoms with Crippen molar-refractivity contribution < 1.29 is 9.84 Å². The monoisotopic (exact) mass is 239 g/mol. The van der Waals surface area contributed by atoms with Crippen LogP contribution in [-0.4, -0.2) is 37.0 Å². The molecule has 0 amide bonds. The summed E-state index contributed by atoms with van der Waals surface area (Å²) in [5.74, 6) is 0.731. The Bertz CT molecular complexity index is 299. The van der Waals surface area contributed by atoms with Gasteiger partial charge in [0.2, 0.25) is 0 Å². The molecule has 3 aliphatic rings. The molecule has 3 nitrogen and oxygen atoms in total. The van der Waals surface area contributed by atoms with E-state index in [9.17, 15) is 0 Å². The smallest absolute Gasteiger partial charge is 0.0685 e. The van der Waals surface area contributed by atoms with E-state index in [0.29, 0.717) is 24.2 Å². The molecule has 0 aromatic carbocycles. The van der Waals surface area contributed by atoms with Crippen LogP contribution in [0.5, 0.6) is 0 Å². The minimum atomic E-state index is 0.288. The molecule has 3 fully saturated rings. The van der Waals surface area contributed by atoms with Gasteiger partial charge in [0.1, 0.15) is 0 Å². The van der Waals surface area contributed by atoms with E-state index in [1.807, 2.05) is 0 Å². The van der Waals surface area contributed by atoms with E-state index in [0.717, 1.165) is 25.5 Å². The minimum absolute atomic E-state index is 0.288. The fourth-order valence-corrected chi connectivity index (χ4v) is 3.99. The maximum absolute atomic E-state index is 9.08. The highest BCUT2D eigenvalue weighted by molar-refractivity contribution is 5.12. The van der Waals surface area contributed by atoms with Gasteiger partial charge in [0.25, 0.3) is 0 Å². The molecule has 0 aromatic heterocycles. The summed E-state index contributed by atoms with van der Waals surface area (Å²) in [6.07, 6.45) is 5.25. The van der Waals surface area contributed by atoms with Crippen LogP contribution in [0.15, 0.2) is 0 Å². The Morgan fingerprint density at radius 2 is 2.12 bits per heavy atom. The second-order valence-corrected chi connectivity index (χ2v) is 6.90. The second kappa shape index (κ2) is 3.94. The maximum Gasteiger partial charge on any atom is 0.0685 e. The standard InChI is InChI=1S/C14H25NO2/c1-13(2)11(10-3-8-17-12(10)13)15-9-14(4-5-14)6-7-16/h10-12,15-16H,3-9H2,1-2H3. The van der Waals surface area contributed by atoms with E-state index >= 15 is 0 Å². The van der Waals surface area contributed by atoms with Gasteiger partial charge in [-0.25, -0.2) is 0 Å². The van der Waals surface area contributed by atoms with E-state index in [2.05, 4.69) is 19.2 Å². The highest BCUT2D eigenvalue weighted by Gasteiger charge is 2.59. The van der Waals surface area contributed by atoms with Gasteiger partial charge in [0.05, 0.1) is 6.10 Å². The SMILES string of the molecule is CC1(C)C(NCC2(CCO)CC2)C2CCOC21. The third-order valence-corrected chi connectivity index (χ3v) is 5.40. The van der Waals surface area contributed by atoms with Gasteiger partial charge in [0, 0.05) is 37.1 Å². The summed E-state index contributed by atoms with van der Waals surface area (Å²) in [5.41, 5.74) is 0.714. The van der Waals surface area contributed by atoms with Crippen molar-refractivity contribution in [3.05, 3.63) is 0 Å². The Morgan fingerprint density at radius 3 is 2.76 bits per heavy atom. The summed E-state index contributed by atoms with van der Waals surface area (Å²) in [7, 11) is 0. The Kier molecular flexibility index (Phi) is 2.77. The first-order chi connectivity index (χ1) is 8.09. The number of ether oxygens (including phenoxy) is 1. The van der Waals surface area contributed by atoms with Crippen LogP contribution in [0.1, 0.15) is 39.5 Å². The van der Waals surface area contributed by atoms with Crippen molar-refractivity contribution in [2.75, 3.05) is 19.8 Å². The molecule has 1 saturated heterocycles. The molecule has 98 valence electrons. The molecule has 17 heavy (non-hydrogen) atoms. The molecule has 0 bridgehead atoms. The average Bonchev–Trinajstić information content (AvgIpc) is 2.89. The predicted octanol–water partition coefficient (Wildman–Crippen LogP) is 1.55. The molecular formula is C14H25NO2. The molecule has 1 heterocycles. The van der Waals surface area contributed by atoms with E-state index in [-0.39, 0.29) is 5.41 Å². The topological polar surface area (TPSA) is 41.5 Å². The van der Waals surface area contributed by atoms with Crippen LogP contribution in [0.2, 0.25) is 0 Å². The van der Waals surface area contributed by atoms with Gasteiger partial charge in [-0.1, -0.05) is 13.8 Å². The second-order valence-electron chi connectivity index (χ2n) is 6.90. The van der Waals surface area contributed by atoms with E-state index in [1.54, 1.807) is 0 Å². The lowest BCUT2D eigenvalue weighted by molar-refractivity contribution is -0.113. The number of fused-ring (bicyclic) bond motifs is 1. The third-order valence-electron chi connectivity index (χ3n) is 5.40. The lowest BCUT2D eigenvalue weighted by Gasteiger charge is -2.55. The largest absolute Gasteiger partial charge is 0.396 e. The quantitative estimate of drug-likeness (QED) is 0.765. The van der Waals surface area contributed by atoms with Crippen molar-refractivity contribution in [2.45, 2.75) is 51.7 Å². The first-order valence-electron chi connectivity index (χ1n) is 7.05. The molecular weight excluding hydrogens is 214 g/mol. The van der Waals surface area contributed by atoms with Gasteiger partial charge in [-0.15, -0.1) is 0 Å². The summed E-state index contributed by atoms with van der Waals surface area (Å²) < 4.78 is 5.81. The minimum Gasteiger partial charge on any atom is -0.396 e. The summed E-state index contributed by atoms with van der Waals surface area (Å²) >= 11 is 0. The van der Waals surface area contributed by atoms with Crippen molar-refractivity contribution in [1.29, 1.82) is 0 Å². The molecule has 1 aliphatic heterocycles. The van der Waals surface area contributed by atoms with Gasteiger partial charge in [0.15, 0.2) is 0 Å². The Labute approximate surface area is 104 Å². The number of hydrogen-bond donors (Lipinski definition) is 2. The molecule has 0 aromatic rings. The molecule has 0 radical (unpaired) electrons. The van der Waals surface area contributed by atoms with Gasteiger partial charge >= 0.3 is 0 Å². The van der Waals surface area contributed by atoms with Crippen molar-refractivity contribution in [2.24, 2.45) is 16.7 Å². The normalized spacial score (nSPS) is 40.8. The third kappa shape index (κ3) is 1.83. The van der Waals surface area contributed by atoms with Gasteiger partial charge in [-0.05, 0) is 31.1 Å². The van der Waals surface area contributed by atoms with Crippen LogP contribution in [-0.2, 0) is 4.74 Å². The summed E-state index contributed by atoms with van der Waals surface area (Å²) in [6.45, 7) is 7.01. The van der Waals surface area contributed by atoms with E-state index < -0.39 is 0 Å². The van der Waals surface area contributed by atoms with E-state index in [1.165, 1.54) is 19.3 Å². The molecule has 3 unspecified atom stereocenters. The summed E-state index contributed by atoms with van der Waals surface area (Å²) in [4.78, 5) is 0. The van der Waals surface area contributed by atoms with Crippen molar-refractivity contribution in [1.82, 2.24) is 5.32 Å². The average molecular weight is 239 g/mol. The zero-order valence-corrected chi connectivity index (χ0v) is 11.0. The Hall–Kier alpha value is -0.120. The maximum atomic E-state index is 9.08. The number of rotatable bonds is 5. The first-order valence-corrected chi connectivity index (χ1v) is 7.05. The van der Waals surface area contributed by atoms with Crippen LogP contribution < -0.4 is 5.32 Å². The first kappa shape index (κ1) is 11.9. The molecule has 0 spiro atoms. The zero-order valence-electron chi connectivity index (χ0n) is 11.0. The summed E-state index contributed by atoms with van der Waals surface area (Å²) in [5, 5.41) is 12.9. The lowest BCUT2D eigenvalue weighted by Crippen LogP contribution is -2.66. The molecule has 2 N–H and O–H groups in total. The van der Waals surface area contributed by atoms with Crippen LogP contribution >= 0.6 is 0 Å². The van der Waals surface area contributed by atoms with Crippen molar-refractivity contribution >= 4 is 0 Å². The molecule has 2 aliphatic carbocycles. The highest BCUT2D eigenvalue weighted by Crippen LogP contribution is 2.53.